The first-order chi connectivity index (χ1) is 16.7. The second kappa shape index (κ2) is 10.4. The van der Waals surface area contributed by atoms with Crippen molar-refractivity contribution in [2.75, 3.05) is 29.4 Å². The number of sulfonamides is 1. The van der Waals surface area contributed by atoms with Crippen molar-refractivity contribution in [1.29, 1.82) is 0 Å². The molecule has 1 amide bonds. The van der Waals surface area contributed by atoms with Crippen molar-refractivity contribution in [1.82, 2.24) is 0 Å². The Morgan fingerprint density at radius 2 is 1.91 bits per heavy atom. The van der Waals surface area contributed by atoms with Gasteiger partial charge in [0.25, 0.3) is 15.9 Å². The van der Waals surface area contributed by atoms with Crippen molar-refractivity contribution in [3.8, 4) is 5.75 Å². The zero-order valence-corrected chi connectivity index (χ0v) is 20.8. The number of halogens is 3. The van der Waals surface area contributed by atoms with E-state index in [2.05, 4.69) is 5.32 Å². The third-order valence-electron chi connectivity index (χ3n) is 5.25. The maximum Gasteiger partial charge on any atom is 0.264 e. The third-order valence-corrected chi connectivity index (χ3v) is 7.61. The van der Waals surface area contributed by atoms with E-state index in [0.717, 1.165) is 6.07 Å². The van der Waals surface area contributed by atoms with E-state index in [4.69, 9.17) is 32.7 Å². The molecule has 0 aromatic heterocycles. The van der Waals surface area contributed by atoms with Crippen LogP contribution in [0.25, 0.3) is 0 Å². The normalized spacial score (nSPS) is 15.3. The summed E-state index contributed by atoms with van der Waals surface area (Å²) in [4.78, 5) is 12.7. The summed E-state index contributed by atoms with van der Waals surface area (Å²) in [6.07, 6.45) is -0.554. The lowest BCUT2D eigenvalue weighted by molar-refractivity contribution is 0.0577. The largest absolute Gasteiger partial charge is 0.484 e. The molecule has 0 saturated heterocycles. The molecule has 35 heavy (non-hydrogen) atoms. The van der Waals surface area contributed by atoms with Gasteiger partial charge in [0, 0.05) is 17.3 Å². The number of anilines is 2. The van der Waals surface area contributed by atoms with Crippen LogP contribution in [-0.4, -0.2) is 40.2 Å². The molecule has 1 atom stereocenters. The number of nitrogens with one attached hydrogen (secondary N) is 1. The molecular weight excluding hydrogens is 518 g/mol. The van der Waals surface area contributed by atoms with E-state index >= 15 is 0 Å². The molecule has 0 bridgehead atoms. The summed E-state index contributed by atoms with van der Waals surface area (Å²) in [5, 5.41) is 2.93. The fourth-order valence-electron chi connectivity index (χ4n) is 3.60. The minimum atomic E-state index is -4.02. The van der Waals surface area contributed by atoms with Crippen LogP contribution in [0, 0.1) is 5.82 Å². The highest BCUT2D eigenvalue weighted by Gasteiger charge is 2.35. The second-order valence-electron chi connectivity index (χ2n) is 7.62. The molecule has 1 heterocycles. The molecule has 1 N–H and O–H groups in total. The lowest BCUT2D eigenvalue weighted by atomic mass is 10.1. The van der Waals surface area contributed by atoms with E-state index in [1.807, 2.05) is 6.92 Å². The van der Waals surface area contributed by atoms with Crippen molar-refractivity contribution >= 4 is 50.5 Å². The molecule has 3 aromatic carbocycles. The highest BCUT2D eigenvalue weighted by atomic mass is 35.5. The van der Waals surface area contributed by atoms with Gasteiger partial charge in [0.2, 0.25) is 0 Å². The maximum absolute atomic E-state index is 14.2. The Morgan fingerprint density at radius 1 is 1.17 bits per heavy atom. The highest BCUT2D eigenvalue weighted by molar-refractivity contribution is 7.92. The lowest BCUT2D eigenvalue weighted by Gasteiger charge is -2.35. The Kier molecular flexibility index (Phi) is 7.51. The Bertz CT molecular complexity index is 1330. The monoisotopic (exact) mass is 538 g/mol. The fraction of sp³-hybridized carbons (Fsp3) is 0.208. The molecule has 0 radical (unpaired) electrons. The fourth-order valence-corrected chi connectivity index (χ4v) is 5.47. The zero-order chi connectivity index (χ0) is 25.2. The van der Waals surface area contributed by atoms with Crippen molar-refractivity contribution in [3.63, 3.8) is 0 Å². The van der Waals surface area contributed by atoms with Gasteiger partial charge in [-0.25, -0.2) is 12.8 Å². The molecule has 1 aliphatic rings. The number of carbonyl (C=O) groups is 1. The summed E-state index contributed by atoms with van der Waals surface area (Å²) >= 11 is 11.9. The van der Waals surface area contributed by atoms with E-state index in [1.165, 1.54) is 58.9 Å². The van der Waals surface area contributed by atoms with Gasteiger partial charge in [-0.05, 0) is 61.5 Å². The van der Waals surface area contributed by atoms with Crippen LogP contribution in [-0.2, 0) is 14.8 Å². The van der Waals surface area contributed by atoms with Crippen LogP contribution in [0.4, 0.5) is 15.8 Å². The molecule has 184 valence electrons. The summed E-state index contributed by atoms with van der Waals surface area (Å²) in [5.74, 6) is -1.26. The average molecular weight is 539 g/mol. The summed E-state index contributed by atoms with van der Waals surface area (Å²) in [6.45, 7) is 2.44. The first kappa shape index (κ1) is 25.2. The Labute approximate surface area is 212 Å². The molecule has 0 fully saturated rings. The van der Waals surface area contributed by atoms with Gasteiger partial charge in [-0.15, -0.1) is 0 Å². The molecule has 1 unspecified atom stereocenters. The van der Waals surface area contributed by atoms with Crippen LogP contribution >= 0.6 is 23.2 Å². The van der Waals surface area contributed by atoms with Crippen LogP contribution in [0.2, 0.25) is 10.0 Å². The van der Waals surface area contributed by atoms with Crippen molar-refractivity contribution < 1.29 is 27.1 Å². The van der Waals surface area contributed by atoms with Gasteiger partial charge in [-0.2, -0.15) is 0 Å². The number of hydrogen-bond donors (Lipinski definition) is 1. The molecule has 3 aromatic rings. The van der Waals surface area contributed by atoms with Gasteiger partial charge in [-0.1, -0.05) is 29.3 Å². The zero-order valence-electron chi connectivity index (χ0n) is 18.5. The molecule has 1 aliphatic heterocycles. The minimum Gasteiger partial charge on any atom is -0.484 e. The number of benzene rings is 3. The van der Waals surface area contributed by atoms with E-state index in [1.54, 1.807) is 0 Å². The van der Waals surface area contributed by atoms with Gasteiger partial charge in [-0.3, -0.25) is 9.10 Å². The van der Waals surface area contributed by atoms with Crippen LogP contribution in [0.15, 0.2) is 65.6 Å². The number of rotatable bonds is 7. The van der Waals surface area contributed by atoms with Crippen LogP contribution in [0.5, 0.6) is 5.75 Å². The number of fused-ring (bicyclic) bond motifs is 1. The molecule has 0 aliphatic carbocycles. The maximum atomic E-state index is 14.2. The third kappa shape index (κ3) is 5.38. The number of carbonyl (C=O) groups excluding carboxylic acids is 1. The van der Waals surface area contributed by atoms with Gasteiger partial charge in [0.05, 0.1) is 34.3 Å². The minimum absolute atomic E-state index is 0.0193. The van der Waals surface area contributed by atoms with Gasteiger partial charge < -0.3 is 14.8 Å². The Hall–Kier alpha value is -2.85. The quantitative estimate of drug-likeness (QED) is 0.436. The van der Waals surface area contributed by atoms with E-state index < -0.39 is 27.9 Å². The predicted molar refractivity (Wildman–Crippen MR) is 133 cm³/mol. The molecule has 0 spiro atoms. The molecule has 11 heteroatoms. The smallest absolute Gasteiger partial charge is 0.264 e. The Morgan fingerprint density at radius 3 is 2.60 bits per heavy atom. The lowest BCUT2D eigenvalue weighted by Crippen LogP contribution is -2.45. The number of amides is 1. The SMILES string of the molecule is CCOCC1CN(S(=O)(=O)c2ccc(Cl)cc2)c2cc(NC(=O)c3c(F)cccc3Cl)ccc2O1. The molecule has 0 saturated carbocycles. The standard InChI is InChI=1S/C24H21Cl2FN2O5S/c1-2-33-14-17-13-29(35(31,32)18-9-6-15(25)7-10-18)21-12-16(8-11-22(21)34-17)28-24(30)23-19(26)4-3-5-20(23)27/h3-12,17H,2,13-14H2,1H3,(H,28,30). The van der Waals surface area contributed by atoms with Crippen molar-refractivity contribution in [2.45, 2.75) is 17.9 Å². The predicted octanol–water partition coefficient (Wildman–Crippen LogP) is 5.38. The van der Waals surface area contributed by atoms with Gasteiger partial charge >= 0.3 is 0 Å². The Balaban J connectivity index is 1.71. The van der Waals surface area contributed by atoms with E-state index in [-0.39, 0.29) is 40.0 Å². The number of hydrogen-bond acceptors (Lipinski definition) is 5. The van der Waals surface area contributed by atoms with Gasteiger partial charge in [0.1, 0.15) is 17.7 Å². The van der Waals surface area contributed by atoms with Crippen molar-refractivity contribution in [2.24, 2.45) is 0 Å². The summed E-state index contributed by atoms with van der Waals surface area (Å²) in [7, 11) is -4.02. The first-order valence-electron chi connectivity index (χ1n) is 10.6. The molecule has 4 rings (SSSR count). The van der Waals surface area contributed by atoms with Crippen LogP contribution < -0.4 is 14.4 Å². The summed E-state index contributed by atoms with van der Waals surface area (Å²) < 4.78 is 53.9. The number of ether oxygens (including phenoxy) is 2. The number of nitrogens with zero attached hydrogens (tertiary/aromatic N) is 1. The summed E-state index contributed by atoms with van der Waals surface area (Å²) in [6, 6.07) is 14.2. The molecule has 7 nitrogen and oxygen atoms in total. The summed E-state index contributed by atoms with van der Waals surface area (Å²) in [5.41, 5.74) is 0.131. The van der Waals surface area contributed by atoms with Crippen molar-refractivity contribution in [3.05, 3.63) is 82.1 Å². The van der Waals surface area contributed by atoms with E-state index in [9.17, 15) is 17.6 Å². The average Bonchev–Trinajstić information content (AvgIpc) is 2.82. The topological polar surface area (TPSA) is 84.9 Å². The highest BCUT2D eigenvalue weighted by Crippen LogP contribution is 2.39. The van der Waals surface area contributed by atoms with Gasteiger partial charge in [0.15, 0.2) is 0 Å². The second-order valence-corrected chi connectivity index (χ2v) is 10.3. The van der Waals surface area contributed by atoms with Crippen LogP contribution in [0.1, 0.15) is 17.3 Å². The molecular formula is C24H21Cl2FN2O5S. The van der Waals surface area contributed by atoms with Crippen LogP contribution in [0.3, 0.4) is 0 Å². The van der Waals surface area contributed by atoms with E-state index in [0.29, 0.717) is 17.4 Å². The first-order valence-corrected chi connectivity index (χ1v) is 12.8.